The molecule has 1 atom stereocenters. The minimum Gasteiger partial charge on any atom is -0.326 e. The molecule has 1 heterocycles. The zero-order valence-corrected chi connectivity index (χ0v) is 11.6. The van der Waals surface area contributed by atoms with Gasteiger partial charge in [-0.15, -0.1) is 10.5 Å². The fraction of sp³-hybridized carbons (Fsp3) is 0.125. The highest BCUT2D eigenvalue weighted by molar-refractivity contribution is 8.14. The van der Waals surface area contributed by atoms with Crippen LogP contribution in [0.5, 0.6) is 0 Å². The number of benzene rings is 2. The lowest BCUT2D eigenvalue weighted by Crippen LogP contribution is -2.07. The summed E-state index contributed by atoms with van der Waals surface area (Å²) in [5.41, 5.74) is 3.47. The van der Waals surface area contributed by atoms with Gasteiger partial charge in [-0.25, -0.2) is 0 Å². The van der Waals surface area contributed by atoms with E-state index >= 15 is 0 Å². The molecule has 1 aliphatic heterocycles. The van der Waals surface area contributed by atoms with E-state index in [0.717, 1.165) is 12.1 Å². The minimum atomic E-state index is -0.124. The monoisotopic (exact) mass is 269 g/mol. The van der Waals surface area contributed by atoms with E-state index in [1.165, 1.54) is 27.8 Å². The average Bonchev–Trinajstić information content (AvgIpc) is 2.38. The van der Waals surface area contributed by atoms with Crippen LogP contribution in [0.25, 0.3) is 0 Å². The van der Waals surface area contributed by atoms with Gasteiger partial charge in [0.1, 0.15) is 0 Å². The molecule has 1 N–H and O–H groups in total. The molecule has 2 aromatic rings. The SMILES string of the molecule is C=S1c2ccccc2Cc2cc(NC(C)=O)ccc21. The third-order valence-electron chi connectivity index (χ3n) is 3.27. The molecule has 96 valence electrons. The summed E-state index contributed by atoms with van der Waals surface area (Å²) in [5, 5.41) is 2.84. The summed E-state index contributed by atoms with van der Waals surface area (Å²) >= 11 is 0. The number of hydrogen-bond acceptors (Lipinski definition) is 1. The number of nitrogens with one attached hydrogen (secondary N) is 1. The molecule has 1 unspecified atom stereocenters. The Morgan fingerprint density at radius 3 is 2.68 bits per heavy atom. The third-order valence-corrected chi connectivity index (χ3v) is 5.12. The Morgan fingerprint density at radius 1 is 1.16 bits per heavy atom. The van der Waals surface area contributed by atoms with Crippen LogP contribution in [-0.2, 0) is 11.2 Å². The molecule has 0 spiro atoms. The van der Waals surface area contributed by atoms with Crippen LogP contribution >= 0.6 is 10.5 Å². The first-order valence-corrected chi connectivity index (χ1v) is 7.57. The van der Waals surface area contributed by atoms with E-state index in [1.54, 1.807) is 0 Å². The molecular formula is C16H15NOS. The molecule has 0 aromatic heterocycles. The molecule has 2 aromatic carbocycles. The number of amides is 1. The van der Waals surface area contributed by atoms with E-state index in [9.17, 15) is 4.79 Å². The van der Waals surface area contributed by atoms with Crippen molar-refractivity contribution < 1.29 is 4.79 Å². The number of carbonyl (C=O) groups is 1. The summed E-state index contributed by atoms with van der Waals surface area (Å²) in [5.74, 6) is 4.27. The topological polar surface area (TPSA) is 29.1 Å². The van der Waals surface area contributed by atoms with Crippen molar-refractivity contribution >= 4 is 27.9 Å². The Bertz CT molecular complexity index is 691. The van der Waals surface area contributed by atoms with Crippen LogP contribution < -0.4 is 5.32 Å². The Labute approximate surface area is 115 Å². The average molecular weight is 269 g/mol. The van der Waals surface area contributed by atoms with Gasteiger partial charge >= 0.3 is 0 Å². The molecule has 0 aliphatic carbocycles. The second-order valence-corrected chi connectivity index (χ2v) is 6.34. The Balaban J connectivity index is 2.05. The van der Waals surface area contributed by atoms with Crippen LogP contribution in [0.4, 0.5) is 5.69 Å². The van der Waals surface area contributed by atoms with Crippen molar-refractivity contribution in [1.29, 1.82) is 0 Å². The summed E-state index contributed by atoms with van der Waals surface area (Å²) < 4.78 is 0. The van der Waals surface area contributed by atoms with Crippen LogP contribution in [-0.4, -0.2) is 11.8 Å². The van der Waals surface area contributed by atoms with Crippen LogP contribution in [0.1, 0.15) is 18.1 Å². The molecule has 3 rings (SSSR count). The first-order chi connectivity index (χ1) is 9.15. The molecule has 0 radical (unpaired) electrons. The summed E-state index contributed by atoms with van der Waals surface area (Å²) in [4.78, 5) is 13.7. The van der Waals surface area contributed by atoms with E-state index in [1.807, 2.05) is 6.07 Å². The summed E-state index contributed by atoms with van der Waals surface area (Å²) in [6, 6.07) is 14.6. The molecule has 2 nitrogen and oxygen atoms in total. The van der Waals surface area contributed by atoms with Gasteiger partial charge in [0.15, 0.2) is 0 Å². The van der Waals surface area contributed by atoms with E-state index < -0.39 is 0 Å². The number of hydrogen-bond donors (Lipinski definition) is 1. The molecule has 1 amide bonds. The van der Waals surface area contributed by atoms with Gasteiger partial charge in [0, 0.05) is 22.4 Å². The van der Waals surface area contributed by atoms with Crippen LogP contribution in [0, 0.1) is 0 Å². The van der Waals surface area contributed by atoms with E-state index in [2.05, 4.69) is 47.6 Å². The van der Waals surface area contributed by atoms with Crippen molar-refractivity contribution in [3.8, 4) is 0 Å². The van der Waals surface area contributed by atoms with Crippen LogP contribution in [0.15, 0.2) is 52.3 Å². The Kier molecular flexibility index (Phi) is 2.99. The highest BCUT2D eigenvalue weighted by Gasteiger charge is 2.17. The van der Waals surface area contributed by atoms with Crippen LogP contribution in [0.2, 0.25) is 0 Å². The largest absolute Gasteiger partial charge is 0.326 e. The van der Waals surface area contributed by atoms with Gasteiger partial charge in [-0.3, -0.25) is 4.79 Å². The molecule has 0 fully saturated rings. The lowest BCUT2D eigenvalue weighted by Gasteiger charge is -2.23. The third kappa shape index (κ3) is 2.22. The van der Waals surface area contributed by atoms with Crippen molar-refractivity contribution in [2.75, 3.05) is 5.32 Å². The van der Waals surface area contributed by atoms with Gasteiger partial charge in [-0.1, -0.05) is 24.1 Å². The predicted octanol–water partition coefficient (Wildman–Crippen LogP) is 3.67. The molecule has 0 saturated carbocycles. The summed E-state index contributed by atoms with van der Waals surface area (Å²) in [7, 11) is -0.124. The van der Waals surface area contributed by atoms with Gasteiger partial charge in [-0.05, 0) is 41.8 Å². The van der Waals surface area contributed by atoms with Gasteiger partial charge in [-0.2, -0.15) is 0 Å². The fourth-order valence-electron chi connectivity index (χ4n) is 2.45. The molecule has 1 aliphatic rings. The van der Waals surface area contributed by atoms with Gasteiger partial charge in [0.2, 0.25) is 5.91 Å². The second kappa shape index (κ2) is 4.67. The van der Waals surface area contributed by atoms with Crippen molar-refractivity contribution in [2.24, 2.45) is 0 Å². The standard InChI is InChI=1S/C16H15NOS/c1-11(18)17-14-7-8-16-13(10-14)9-12-5-3-4-6-15(12)19(16)2/h3-8,10H,2,9H2,1H3,(H,17,18). The van der Waals surface area contributed by atoms with Crippen molar-refractivity contribution in [3.05, 3.63) is 53.6 Å². The maximum atomic E-state index is 11.1. The Hall–Kier alpha value is -1.87. The zero-order valence-electron chi connectivity index (χ0n) is 10.8. The molecule has 19 heavy (non-hydrogen) atoms. The minimum absolute atomic E-state index is 0.0372. The van der Waals surface area contributed by atoms with Crippen molar-refractivity contribution in [2.45, 2.75) is 23.1 Å². The number of carbonyl (C=O) groups excluding carboxylic acids is 1. The highest BCUT2D eigenvalue weighted by Crippen LogP contribution is 2.44. The predicted molar refractivity (Wildman–Crippen MR) is 81.2 cm³/mol. The normalized spacial score (nSPS) is 16.4. The first-order valence-electron chi connectivity index (χ1n) is 6.17. The second-order valence-electron chi connectivity index (χ2n) is 4.68. The van der Waals surface area contributed by atoms with E-state index in [4.69, 9.17) is 0 Å². The fourth-order valence-corrected chi connectivity index (χ4v) is 4.07. The lowest BCUT2D eigenvalue weighted by atomic mass is 10.0. The zero-order chi connectivity index (χ0) is 13.4. The summed E-state index contributed by atoms with van der Waals surface area (Å²) in [6.07, 6.45) is 0.915. The molecule has 0 bridgehead atoms. The van der Waals surface area contributed by atoms with Gasteiger partial charge < -0.3 is 5.32 Å². The summed E-state index contributed by atoms with van der Waals surface area (Å²) in [6.45, 7) is 1.53. The van der Waals surface area contributed by atoms with E-state index in [-0.39, 0.29) is 16.4 Å². The van der Waals surface area contributed by atoms with Crippen LogP contribution in [0.3, 0.4) is 0 Å². The van der Waals surface area contributed by atoms with Crippen molar-refractivity contribution in [3.63, 3.8) is 0 Å². The maximum absolute atomic E-state index is 11.1. The Morgan fingerprint density at radius 2 is 1.89 bits per heavy atom. The van der Waals surface area contributed by atoms with Gasteiger partial charge in [0.05, 0.1) is 0 Å². The first kappa shape index (κ1) is 12.2. The smallest absolute Gasteiger partial charge is 0.221 e. The molecule has 3 heteroatoms. The maximum Gasteiger partial charge on any atom is 0.221 e. The molecule has 0 saturated heterocycles. The lowest BCUT2D eigenvalue weighted by molar-refractivity contribution is -0.114. The van der Waals surface area contributed by atoms with E-state index in [0.29, 0.717) is 0 Å². The quantitative estimate of drug-likeness (QED) is 0.671. The number of anilines is 1. The highest BCUT2D eigenvalue weighted by atomic mass is 32.2. The number of fused-ring (bicyclic) bond motifs is 2. The number of rotatable bonds is 1. The molecular weight excluding hydrogens is 254 g/mol. The van der Waals surface area contributed by atoms with Gasteiger partial charge in [0.25, 0.3) is 0 Å². The van der Waals surface area contributed by atoms with Crippen molar-refractivity contribution in [1.82, 2.24) is 0 Å².